The Kier molecular flexibility index (Phi) is 3.06. The van der Waals surface area contributed by atoms with Gasteiger partial charge in [0.25, 0.3) is 0 Å². The lowest BCUT2D eigenvalue weighted by Gasteiger charge is -2.22. The molecule has 0 saturated heterocycles. The standard InChI is InChI=1S/C13H19FN4/c1-15-13-17-7-11(14)12(18-13)16-6-10-5-8-2-3-9(10)4-8/h7-10H,2-6H2,1H3,(H2,15,16,17,18). The largest absolute Gasteiger partial charge is 0.367 e. The molecule has 5 heteroatoms. The number of hydrogen-bond donors (Lipinski definition) is 2. The zero-order valence-corrected chi connectivity index (χ0v) is 10.6. The molecule has 0 amide bonds. The molecule has 98 valence electrons. The van der Waals surface area contributed by atoms with E-state index in [0.29, 0.717) is 17.7 Å². The Balaban J connectivity index is 1.62. The smallest absolute Gasteiger partial charge is 0.224 e. The van der Waals surface area contributed by atoms with E-state index in [2.05, 4.69) is 20.6 Å². The Morgan fingerprint density at radius 1 is 1.39 bits per heavy atom. The van der Waals surface area contributed by atoms with Crippen molar-refractivity contribution in [2.75, 3.05) is 24.2 Å². The van der Waals surface area contributed by atoms with Gasteiger partial charge in [0, 0.05) is 13.6 Å². The second-order valence-corrected chi connectivity index (χ2v) is 5.46. The van der Waals surface area contributed by atoms with Crippen molar-refractivity contribution in [3.8, 4) is 0 Å². The first-order valence-corrected chi connectivity index (χ1v) is 6.70. The summed E-state index contributed by atoms with van der Waals surface area (Å²) in [5.74, 6) is 2.85. The summed E-state index contributed by atoms with van der Waals surface area (Å²) in [6.45, 7) is 0.832. The van der Waals surface area contributed by atoms with Crippen LogP contribution in [0.3, 0.4) is 0 Å². The van der Waals surface area contributed by atoms with Gasteiger partial charge in [0.05, 0.1) is 6.20 Å². The second-order valence-electron chi connectivity index (χ2n) is 5.46. The SMILES string of the molecule is CNc1ncc(F)c(NCC2CC3CCC2C3)n1. The molecule has 3 atom stereocenters. The molecule has 0 aliphatic heterocycles. The molecule has 1 aromatic rings. The van der Waals surface area contributed by atoms with Crippen LogP contribution in [0, 0.1) is 23.6 Å². The van der Waals surface area contributed by atoms with Crippen LogP contribution in [0.4, 0.5) is 16.2 Å². The highest BCUT2D eigenvalue weighted by Crippen LogP contribution is 2.48. The van der Waals surface area contributed by atoms with Gasteiger partial charge in [0.2, 0.25) is 5.95 Å². The summed E-state index contributed by atoms with van der Waals surface area (Å²) in [4.78, 5) is 7.94. The predicted molar refractivity (Wildman–Crippen MR) is 69.0 cm³/mol. The fourth-order valence-electron chi connectivity index (χ4n) is 3.47. The predicted octanol–water partition coefficient (Wildman–Crippen LogP) is 2.51. The van der Waals surface area contributed by atoms with Crippen LogP contribution in [0.2, 0.25) is 0 Å². The van der Waals surface area contributed by atoms with Gasteiger partial charge >= 0.3 is 0 Å². The van der Waals surface area contributed by atoms with Crippen molar-refractivity contribution in [3.05, 3.63) is 12.0 Å². The summed E-state index contributed by atoms with van der Waals surface area (Å²) in [5, 5.41) is 5.97. The summed E-state index contributed by atoms with van der Waals surface area (Å²) < 4.78 is 13.6. The van der Waals surface area contributed by atoms with E-state index in [9.17, 15) is 4.39 Å². The van der Waals surface area contributed by atoms with E-state index >= 15 is 0 Å². The third-order valence-corrected chi connectivity index (χ3v) is 4.38. The molecule has 2 saturated carbocycles. The summed E-state index contributed by atoms with van der Waals surface area (Å²) in [6.07, 6.45) is 6.63. The molecule has 2 bridgehead atoms. The molecule has 2 N–H and O–H groups in total. The highest BCUT2D eigenvalue weighted by molar-refractivity contribution is 5.40. The van der Waals surface area contributed by atoms with Crippen LogP contribution in [-0.4, -0.2) is 23.6 Å². The van der Waals surface area contributed by atoms with Gasteiger partial charge in [0.1, 0.15) is 0 Å². The average Bonchev–Trinajstić information content (AvgIpc) is 3.00. The number of anilines is 2. The van der Waals surface area contributed by atoms with Crippen molar-refractivity contribution in [1.29, 1.82) is 0 Å². The lowest BCUT2D eigenvalue weighted by Crippen LogP contribution is -2.21. The molecule has 2 aliphatic carbocycles. The van der Waals surface area contributed by atoms with E-state index in [4.69, 9.17) is 0 Å². The van der Waals surface area contributed by atoms with Crippen molar-refractivity contribution in [3.63, 3.8) is 0 Å². The van der Waals surface area contributed by atoms with Crippen LogP contribution in [0.1, 0.15) is 25.7 Å². The number of halogens is 1. The Hall–Kier alpha value is -1.39. The molecule has 1 heterocycles. The van der Waals surface area contributed by atoms with Crippen molar-refractivity contribution in [2.45, 2.75) is 25.7 Å². The second kappa shape index (κ2) is 4.71. The van der Waals surface area contributed by atoms with Gasteiger partial charge < -0.3 is 10.6 Å². The van der Waals surface area contributed by atoms with E-state index in [1.807, 2.05) is 0 Å². The van der Waals surface area contributed by atoms with Crippen LogP contribution in [0.5, 0.6) is 0 Å². The Bertz CT molecular complexity index is 437. The molecule has 0 spiro atoms. The van der Waals surface area contributed by atoms with Gasteiger partial charge in [-0.3, -0.25) is 0 Å². The zero-order valence-electron chi connectivity index (χ0n) is 10.6. The van der Waals surface area contributed by atoms with E-state index in [1.165, 1.54) is 31.9 Å². The van der Waals surface area contributed by atoms with Crippen LogP contribution >= 0.6 is 0 Å². The fourth-order valence-corrected chi connectivity index (χ4v) is 3.47. The van der Waals surface area contributed by atoms with E-state index in [1.54, 1.807) is 7.05 Å². The van der Waals surface area contributed by atoms with E-state index in [0.717, 1.165) is 18.4 Å². The first-order valence-electron chi connectivity index (χ1n) is 6.70. The Labute approximate surface area is 106 Å². The molecule has 2 aliphatic rings. The molecular formula is C13H19FN4. The molecule has 4 nitrogen and oxygen atoms in total. The van der Waals surface area contributed by atoms with Gasteiger partial charge in [-0.15, -0.1) is 0 Å². The van der Waals surface area contributed by atoms with Gasteiger partial charge in [0.15, 0.2) is 11.6 Å². The normalized spacial score (nSPS) is 29.6. The first-order chi connectivity index (χ1) is 8.76. The molecule has 0 aromatic carbocycles. The topological polar surface area (TPSA) is 49.8 Å². The molecular weight excluding hydrogens is 231 g/mol. The average molecular weight is 250 g/mol. The minimum atomic E-state index is -0.378. The maximum absolute atomic E-state index is 13.6. The lowest BCUT2D eigenvalue weighted by atomic mass is 9.89. The summed E-state index contributed by atoms with van der Waals surface area (Å²) in [7, 11) is 1.73. The summed E-state index contributed by atoms with van der Waals surface area (Å²) in [6, 6.07) is 0. The maximum atomic E-state index is 13.6. The third kappa shape index (κ3) is 2.13. The lowest BCUT2D eigenvalue weighted by molar-refractivity contribution is 0.348. The molecule has 0 radical (unpaired) electrons. The summed E-state index contributed by atoms with van der Waals surface area (Å²) >= 11 is 0. The van der Waals surface area contributed by atoms with Gasteiger partial charge in [-0.2, -0.15) is 4.98 Å². The van der Waals surface area contributed by atoms with E-state index in [-0.39, 0.29) is 5.82 Å². The maximum Gasteiger partial charge on any atom is 0.224 e. The number of nitrogens with one attached hydrogen (secondary N) is 2. The number of aromatic nitrogens is 2. The third-order valence-electron chi connectivity index (χ3n) is 4.38. The van der Waals surface area contributed by atoms with Crippen molar-refractivity contribution in [1.82, 2.24) is 9.97 Å². The molecule has 2 fully saturated rings. The van der Waals surface area contributed by atoms with Crippen LogP contribution in [-0.2, 0) is 0 Å². The first kappa shape index (κ1) is 11.7. The van der Waals surface area contributed by atoms with Gasteiger partial charge in [-0.25, -0.2) is 9.37 Å². The quantitative estimate of drug-likeness (QED) is 0.862. The zero-order chi connectivity index (χ0) is 12.5. The highest BCUT2D eigenvalue weighted by Gasteiger charge is 2.39. The minimum absolute atomic E-state index is 0.317. The minimum Gasteiger partial charge on any atom is -0.367 e. The molecule has 18 heavy (non-hydrogen) atoms. The number of fused-ring (bicyclic) bond motifs is 2. The number of nitrogens with zero attached hydrogens (tertiary/aromatic N) is 2. The summed E-state index contributed by atoms with van der Waals surface area (Å²) in [5.41, 5.74) is 0. The van der Waals surface area contributed by atoms with Crippen molar-refractivity contribution >= 4 is 11.8 Å². The number of rotatable bonds is 4. The van der Waals surface area contributed by atoms with E-state index < -0.39 is 0 Å². The van der Waals surface area contributed by atoms with Gasteiger partial charge in [-0.05, 0) is 37.0 Å². The Morgan fingerprint density at radius 2 is 2.28 bits per heavy atom. The fraction of sp³-hybridized carbons (Fsp3) is 0.692. The van der Waals surface area contributed by atoms with Crippen LogP contribution in [0.25, 0.3) is 0 Å². The number of hydrogen-bond acceptors (Lipinski definition) is 4. The van der Waals surface area contributed by atoms with Crippen LogP contribution < -0.4 is 10.6 Å². The van der Waals surface area contributed by atoms with Gasteiger partial charge in [-0.1, -0.05) is 6.42 Å². The molecule has 3 unspecified atom stereocenters. The van der Waals surface area contributed by atoms with Crippen molar-refractivity contribution < 1.29 is 4.39 Å². The monoisotopic (exact) mass is 250 g/mol. The highest BCUT2D eigenvalue weighted by atomic mass is 19.1. The Morgan fingerprint density at radius 3 is 2.94 bits per heavy atom. The molecule has 1 aromatic heterocycles. The van der Waals surface area contributed by atoms with Crippen LogP contribution in [0.15, 0.2) is 6.20 Å². The molecule has 3 rings (SSSR count). The van der Waals surface area contributed by atoms with Crippen molar-refractivity contribution in [2.24, 2.45) is 17.8 Å².